The lowest BCUT2D eigenvalue weighted by atomic mass is 9.79. The molecule has 2 aliphatic carbocycles. The second kappa shape index (κ2) is 5.72. The van der Waals surface area contributed by atoms with Gasteiger partial charge in [-0.2, -0.15) is 0 Å². The van der Waals surface area contributed by atoms with E-state index in [2.05, 4.69) is 10.3 Å². The van der Waals surface area contributed by atoms with Crippen LogP contribution in [0.1, 0.15) is 19.3 Å². The number of nitrogens with zero attached hydrogens (tertiary/aromatic N) is 1. The van der Waals surface area contributed by atoms with Gasteiger partial charge in [0.1, 0.15) is 0 Å². The van der Waals surface area contributed by atoms with Crippen molar-refractivity contribution in [1.82, 2.24) is 4.98 Å². The summed E-state index contributed by atoms with van der Waals surface area (Å²) >= 11 is 2.98. The molecule has 0 aromatic carbocycles. The highest BCUT2D eigenvalue weighted by molar-refractivity contribution is 7.16. The van der Waals surface area contributed by atoms with Crippen LogP contribution in [-0.2, 0) is 9.59 Å². The maximum atomic E-state index is 12.6. The van der Waals surface area contributed by atoms with E-state index in [0.29, 0.717) is 5.13 Å². The molecule has 120 valence electrons. The number of carbonyl (C=O) groups excluding carboxylic acids is 1. The number of aromatic nitrogens is 1. The van der Waals surface area contributed by atoms with Gasteiger partial charge in [0.2, 0.25) is 5.91 Å². The summed E-state index contributed by atoms with van der Waals surface area (Å²) in [6.07, 6.45) is 2.77. The molecule has 5 nitrogen and oxygen atoms in total. The fraction of sp³-hybridized carbons (Fsp3) is 0.438. The van der Waals surface area contributed by atoms with Gasteiger partial charge in [0, 0.05) is 5.38 Å². The van der Waals surface area contributed by atoms with Crippen molar-refractivity contribution in [2.24, 2.45) is 23.7 Å². The average molecular weight is 348 g/mol. The van der Waals surface area contributed by atoms with Crippen LogP contribution >= 0.6 is 22.7 Å². The number of carboxylic acid groups (broad SMARTS) is 1. The van der Waals surface area contributed by atoms with Gasteiger partial charge in [-0.15, -0.1) is 22.7 Å². The molecule has 7 heteroatoms. The summed E-state index contributed by atoms with van der Waals surface area (Å²) in [5.74, 6) is -1.61. The van der Waals surface area contributed by atoms with Crippen molar-refractivity contribution in [1.29, 1.82) is 0 Å². The van der Waals surface area contributed by atoms with Crippen molar-refractivity contribution >= 4 is 39.7 Å². The van der Waals surface area contributed by atoms with Gasteiger partial charge in [0.25, 0.3) is 0 Å². The number of carbonyl (C=O) groups is 2. The van der Waals surface area contributed by atoms with Crippen molar-refractivity contribution < 1.29 is 14.7 Å². The van der Waals surface area contributed by atoms with Gasteiger partial charge >= 0.3 is 5.97 Å². The Hall–Kier alpha value is -1.73. The SMILES string of the molecule is O=C(O)[C@@H]1[C@@H]2CC[C@@H](C2)[C@@H]1C(=O)Nc1nc(-c2cccs2)cs1. The largest absolute Gasteiger partial charge is 0.481 e. The smallest absolute Gasteiger partial charge is 0.307 e. The number of hydrogen-bond donors (Lipinski definition) is 2. The monoisotopic (exact) mass is 348 g/mol. The fourth-order valence-electron chi connectivity index (χ4n) is 4.08. The van der Waals surface area contributed by atoms with E-state index < -0.39 is 17.8 Å². The molecule has 2 aromatic heterocycles. The lowest BCUT2D eigenvalue weighted by Gasteiger charge is -2.26. The van der Waals surface area contributed by atoms with Crippen molar-refractivity contribution in [2.45, 2.75) is 19.3 Å². The Morgan fingerprint density at radius 2 is 2.00 bits per heavy atom. The molecule has 0 aliphatic heterocycles. The molecular formula is C16H16N2O3S2. The van der Waals surface area contributed by atoms with Crippen molar-refractivity contribution in [3.05, 3.63) is 22.9 Å². The number of amides is 1. The molecule has 2 N–H and O–H groups in total. The molecule has 0 radical (unpaired) electrons. The van der Waals surface area contributed by atoms with Gasteiger partial charge < -0.3 is 10.4 Å². The average Bonchev–Trinajstić information content (AvgIpc) is 3.28. The fourth-order valence-corrected chi connectivity index (χ4v) is 5.56. The Morgan fingerprint density at radius 1 is 1.22 bits per heavy atom. The number of thiophene rings is 1. The first kappa shape index (κ1) is 14.8. The van der Waals surface area contributed by atoms with Crippen molar-refractivity contribution in [3.63, 3.8) is 0 Å². The Kier molecular flexibility index (Phi) is 3.69. The molecule has 2 saturated carbocycles. The number of fused-ring (bicyclic) bond motifs is 2. The van der Waals surface area contributed by atoms with E-state index in [1.807, 2.05) is 22.9 Å². The zero-order chi connectivity index (χ0) is 16.0. The number of rotatable bonds is 4. The molecule has 1 amide bonds. The quantitative estimate of drug-likeness (QED) is 0.885. The van der Waals surface area contributed by atoms with Crippen LogP contribution in [0.15, 0.2) is 22.9 Å². The van der Waals surface area contributed by atoms with Crippen LogP contribution in [0.4, 0.5) is 5.13 Å². The molecule has 2 aliphatic rings. The first-order valence-corrected chi connectivity index (χ1v) is 9.42. The van der Waals surface area contributed by atoms with E-state index >= 15 is 0 Å². The lowest BCUT2D eigenvalue weighted by molar-refractivity contribution is -0.148. The Morgan fingerprint density at radius 3 is 2.70 bits per heavy atom. The number of thiazole rings is 1. The number of nitrogens with one attached hydrogen (secondary N) is 1. The Labute approximate surface area is 141 Å². The third-order valence-corrected chi connectivity index (χ3v) is 6.66. The first-order valence-electron chi connectivity index (χ1n) is 7.66. The van der Waals surface area contributed by atoms with Crippen LogP contribution in [0.25, 0.3) is 10.6 Å². The zero-order valence-corrected chi connectivity index (χ0v) is 13.9. The standard InChI is InChI=1S/C16H16N2O3S2/c19-14(12-8-3-4-9(6-8)13(12)15(20)21)18-16-17-10(7-23-16)11-2-1-5-22-11/h1-2,5,7-9,12-13H,3-4,6H2,(H,20,21)(H,17,18,19)/t8-,9+,12-,13+/m0/s1. The second-order valence-corrected chi connectivity index (χ2v) is 8.03. The predicted octanol–water partition coefficient (Wildman–Crippen LogP) is 3.56. The molecule has 4 rings (SSSR count). The topological polar surface area (TPSA) is 79.3 Å². The molecular weight excluding hydrogens is 332 g/mol. The highest BCUT2D eigenvalue weighted by atomic mass is 32.1. The second-order valence-electron chi connectivity index (χ2n) is 6.23. The van der Waals surface area contributed by atoms with Gasteiger partial charge in [0.15, 0.2) is 5.13 Å². The van der Waals surface area contributed by atoms with E-state index in [-0.39, 0.29) is 17.7 Å². The summed E-state index contributed by atoms with van der Waals surface area (Å²) in [5, 5.41) is 16.7. The highest BCUT2D eigenvalue weighted by Gasteiger charge is 2.54. The molecule has 2 fully saturated rings. The maximum absolute atomic E-state index is 12.6. The highest BCUT2D eigenvalue weighted by Crippen LogP contribution is 2.52. The third kappa shape index (κ3) is 2.57. The van der Waals surface area contributed by atoms with E-state index in [0.717, 1.165) is 29.8 Å². The van der Waals surface area contributed by atoms with Crippen LogP contribution in [0.5, 0.6) is 0 Å². The summed E-state index contributed by atoms with van der Waals surface area (Å²) in [7, 11) is 0. The molecule has 2 bridgehead atoms. The Balaban J connectivity index is 1.51. The van der Waals surface area contributed by atoms with Gasteiger partial charge in [-0.25, -0.2) is 4.98 Å². The molecule has 0 saturated heterocycles. The molecule has 2 aromatic rings. The van der Waals surface area contributed by atoms with E-state index in [1.54, 1.807) is 11.3 Å². The lowest BCUT2D eigenvalue weighted by Crippen LogP contribution is -2.37. The van der Waals surface area contributed by atoms with Crippen molar-refractivity contribution in [3.8, 4) is 10.6 Å². The minimum Gasteiger partial charge on any atom is -0.481 e. The summed E-state index contributed by atoms with van der Waals surface area (Å²) in [5.41, 5.74) is 0.850. The molecule has 0 unspecified atom stereocenters. The van der Waals surface area contributed by atoms with E-state index in [9.17, 15) is 14.7 Å². The minimum absolute atomic E-state index is 0.159. The molecule has 23 heavy (non-hydrogen) atoms. The van der Waals surface area contributed by atoms with Gasteiger partial charge in [-0.3, -0.25) is 9.59 Å². The van der Waals surface area contributed by atoms with Crippen molar-refractivity contribution in [2.75, 3.05) is 5.32 Å². The normalized spacial score (nSPS) is 28.9. The summed E-state index contributed by atoms with van der Waals surface area (Å²) in [4.78, 5) is 29.6. The number of carboxylic acids is 1. The van der Waals surface area contributed by atoms with Crippen LogP contribution in [0.2, 0.25) is 0 Å². The van der Waals surface area contributed by atoms with Crippen LogP contribution in [-0.4, -0.2) is 22.0 Å². The third-order valence-electron chi connectivity index (χ3n) is 5.01. The van der Waals surface area contributed by atoms with Crippen LogP contribution in [0, 0.1) is 23.7 Å². The predicted molar refractivity (Wildman–Crippen MR) is 89.5 cm³/mol. The van der Waals surface area contributed by atoms with Gasteiger partial charge in [-0.05, 0) is 42.5 Å². The molecule has 4 atom stereocenters. The summed E-state index contributed by atoms with van der Waals surface area (Å²) in [6.45, 7) is 0. The van der Waals surface area contributed by atoms with E-state index in [1.165, 1.54) is 11.3 Å². The summed E-state index contributed by atoms with van der Waals surface area (Å²) < 4.78 is 0. The zero-order valence-electron chi connectivity index (χ0n) is 12.3. The van der Waals surface area contributed by atoms with Crippen LogP contribution in [0.3, 0.4) is 0 Å². The summed E-state index contributed by atoms with van der Waals surface area (Å²) in [6, 6.07) is 3.95. The van der Waals surface area contributed by atoms with Gasteiger partial charge in [0.05, 0.1) is 22.4 Å². The molecule has 2 heterocycles. The van der Waals surface area contributed by atoms with Crippen LogP contribution < -0.4 is 5.32 Å². The number of anilines is 1. The Bertz CT molecular complexity index is 740. The maximum Gasteiger partial charge on any atom is 0.307 e. The minimum atomic E-state index is -0.837. The first-order chi connectivity index (χ1) is 11.1. The van der Waals surface area contributed by atoms with E-state index in [4.69, 9.17) is 0 Å². The number of aliphatic carboxylic acids is 1. The molecule has 0 spiro atoms. The van der Waals surface area contributed by atoms with Gasteiger partial charge in [-0.1, -0.05) is 6.07 Å². The number of hydrogen-bond acceptors (Lipinski definition) is 5.